The van der Waals surface area contributed by atoms with Gasteiger partial charge >= 0.3 is 0 Å². The fraction of sp³-hybridized carbons (Fsp3) is 0.0714. The Hall–Kier alpha value is -2.96. The molecule has 0 aliphatic rings. The van der Waals surface area contributed by atoms with E-state index in [1.165, 1.54) is 12.1 Å². The second kappa shape index (κ2) is 5.20. The van der Waals surface area contributed by atoms with Gasteiger partial charge in [0, 0.05) is 11.8 Å². The molecular formula is C14H12FN5O. The number of anilines is 1. The van der Waals surface area contributed by atoms with Gasteiger partial charge in [0.1, 0.15) is 5.82 Å². The Bertz CT molecular complexity index is 775. The van der Waals surface area contributed by atoms with E-state index in [4.69, 9.17) is 0 Å². The average Bonchev–Trinajstić information content (AvgIpc) is 3.09. The summed E-state index contributed by atoms with van der Waals surface area (Å²) in [5, 5.41) is 16.0. The van der Waals surface area contributed by atoms with Crippen LogP contribution < -0.4 is 5.32 Å². The number of benzene rings is 1. The minimum absolute atomic E-state index is 0.291. The summed E-state index contributed by atoms with van der Waals surface area (Å²) in [6, 6.07) is 9.30. The summed E-state index contributed by atoms with van der Waals surface area (Å²) < 4.78 is 12.9. The molecular weight excluding hydrogens is 273 g/mol. The van der Waals surface area contributed by atoms with Crippen molar-refractivity contribution in [2.45, 2.75) is 6.92 Å². The fourth-order valence-electron chi connectivity index (χ4n) is 1.88. The molecule has 106 valence electrons. The summed E-state index contributed by atoms with van der Waals surface area (Å²) in [5.41, 5.74) is 2.55. The predicted octanol–water partition coefficient (Wildman–Crippen LogP) is 2.50. The molecule has 1 aromatic carbocycles. The van der Waals surface area contributed by atoms with E-state index in [0.29, 0.717) is 17.2 Å². The summed E-state index contributed by atoms with van der Waals surface area (Å²) >= 11 is 0. The molecule has 6 nitrogen and oxygen atoms in total. The van der Waals surface area contributed by atoms with E-state index in [1.54, 1.807) is 24.3 Å². The van der Waals surface area contributed by atoms with Gasteiger partial charge in [-0.1, -0.05) is 0 Å². The molecule has 0 saturated carbocycles. The lowest BCUT2D eigenvalue weighted by molar-refractivity contribution is 0.102. The first kappa shape index (κ1) is 13.0. The molecule has 0 saturated heterocycles. The Morgan fingerprint density at radius 2 is 1.90 bits per heavy atom. The summed E-state index contributed by atoms with van der Waals surface area (Å²) in [4.78, 5) is 11.9. The first-order valence-electron chi connectivity index (χ1n) is 6.26. The van der Waals surface area contributed by atoms with Crippen molar-refractivity contribution in [1.29, 1.82) is 0 Å². The number of aromatic amines is 2. The lowest BCUT2D eigenvalue weighted by Gasteiger charge is -1.97. The highest BCUT2D eigenvalue weighted by Crippen LogP contribution is 2.20. The number of nitrogens with one attached hydrogen (secondary N) is 3. The molecule has 0 spiro atoms. The smallest absolute Gasteiger partial charge is 0.277 e. The van der Waals surface area contributed by atoms with Gasteiger partial charge in [-0.25, -0.2) is 4.39 Å². The number of hydrogen-bond acceptors (Lipinski definition) is 3. The predicted molar refractivity (Wildman–Crippen MR) is 75.3 cm³/mol. The molecule has 21 heavy (non-hydrogen) atoms. The van der Waals surface area contributed by atoms with E-state index in [9.17, 15) is 9.18 Å². The monoisotopic (exact) mass is 285 g/mol. The molecule has 1 amide bonds. The van der Waals surface area contributed by atoms with Crippen LogP contribution in [0.25, 0.3) is 11.3 Å². The Kier molecular flexibility index (Phi) is 3.23. The highest BCUT2D eigenvalue weighted by Gasteiger charge is 2.12. The fourth-order valence-corrected chi connectivity index (χ4v) is 1.88. The molecule has 0 fully saturated rings. The van der Waals surface area contributed by atoms with Gasteiger partial charge in [-0.15, -0.1) is 0 Å². The summed E-state index contributed by atoms with van der Waals surface area (Å²) in [7, 11) is 0. The van der Waals surface area contributed by atoms with Crippen molar-refractivity contribution >= 4 is 11.7 Å². The zero-order valence-electron chi connectivity index (χ0n) is 11.1. The van der Waals surface area contributed by atoms with Crippen molar-refractivity contribution in [2.24, 2.45) is 0 Å². The first-order valence-corrected chi connectivity index (χ1v) is 6.26. The molecule has 0 aliphatic heterocycles. The van der Waals surface area contributed by atoms with Crippen LogP contribution in [0.4, 0.5) is 10.2 Å². The minimum Gasteiger partial charge on any atom is -0.304 e. The molecule has 0 aliphatic carbocycles. The third-order valence-corrected chi connectivity index (χ3v) is 2.91. The van der Waals surface area contributed by atoms with Crippen LogP contribution in [0.3, 0.4) is 0 Å². The lowest BCUT2D eigenvalue weighted by Crippen LogP contribution is -2.12. The van der Waals surface area contributed by atoms with Gasteiger partial charge in [-0.05, 0) is 42.8 Å². The Morgan fingerprint density at radius 3 is 2.57 bits per heavy atom. The number of hydrogen-bond donors (Lipinski definition) is 3. The first-order chi connectivity index (χ1) is 10.1. The highest BCUT2D eigenvalue weighted by molar-refractivity contribution is 6.02. The molecule has 0 unspecified atom stereocenters. The summed E-state index contributed by atoms with van der Waals surface area (Å²) in [6.45, 7) is 1.81. The molecule has 0 radical (unpaired) electrons. The number of halogens is 1. The summed E-state index contributed by atoms with van der Waals surface area (Å²) in [5.74, 6) is -0.280. The van der Waals surface area contributed by atoms with Gasteiger partial charge < -0.3 is 5.32 Å². The molecule has 0 bridgehead atoms. The minimum atomic E-state index is -0.350. The van der Waals surface area contributed by atoms with Gasteiger partial charge in [0.25, 0.3) is 5.91 Å². The van der Waals surface area contributed by atoms with E-state index in [-0.39, 0.29) is 11.7 Å². The van der Waals surface area contributed by atoms with E-state index in [0.717, 1.165) is 11.3 Å². The largest absolute Gasteiger partial charge is 0.304 e. The lowest BCUT2D eigenvalue weighted by atomic mass is 10.1. The van der Waals surface area contributed by atoms with Crippen molar-refractivity contribution in [3.05, 3.63) is 53.6 Å². The third-order valence-electron chi connectivity index (χ3n) is 2.91. The average molecular weight is 285 g/mol. The highest BCUT2D eigenvalue weighted by atomic mass is 19.1. The third kappa shape index (κ3) is 2.81. The van der Waals surface area contributed by atoms with Crippen molar-refractivity contribution in [1.82, 2.24) is 20.4 Å². The maximum absolute atomic E-state index is 12.9. The number of nitrogens with zero attached hydrogens (tertiary/aromatic N) is 2. The van der Waals surface area contributed by atoms with E-state index in [1.807, 2.05) is 6.92 Å². The van der Waals surface area contributed by atoms with Crippen LogP contribution in [0.15, 0.2) is 36.4 Å². The van der Waals surface area contributed by atoms with Crippen molar-refractivity contribution < 1.29 is 9.18 Å². The maximum atomic E-state index is 12.9. The van der Waals surface area contributed by atoms with E-state index in [2.05, 4.69) is 25.7 Å². The molecule has 3 rings (SSSR count). The molecule has 2 aromatic heterocycles. The van der Waals surface area contributed by atoms with Crippen LogP contribution in [0.2, 0.25) is 0 Å². The second-order valence-electron chi connectivity index (χ2n) is 4.56. The quantitative estimate of drug-likeness (QED) is 0.691. The van der Waals surface area contributed by atoms with Crippen LogP contribution in [-0.4, -0.2) is 26.3 Å². The SMILES string of the molecule is Cc1cc(C(=O)Nc2cc(-c3ccc(F)cc3)[nH]n2)n[nH]1. The van der Waals surface area contributed by atoms with Gasteiger partial charge in [0.2, 0.25) is 0 Å². The van der Waals surface area contributed by atoms with Gasteiger partial charge in [0.15, 0.2) is 11.5 Å². The Morgan fingerprint density at radius 1 is 1.14 bits per heavy atom. The Balaban J connectivity index is 1.76. The van der Waals surface area contributed by atoms with Gasteiger partial charge in [0.05, 0.1) is 5.69 Å². The molecule has 0 atom stereocenters. The summed E-state index contributed by atoms with van der Waals surface area (Å²) in [6.07, 6.45) is 0. The van der Waals surface area contributed by atoms with E-state index < -0.39 is 0 Å². The number of H-pyrrole nitrogens is 2. The number of rotatable bonds is 3. The van der Waals surface area contributed by atoms with Crippen LogP contribution in [0.1, 0.15) is 16.2 Å². The molecule has 3 N–H and O–H groups in total. The zero-order chi connectivity index (χ0) is 14.8. The van der Waals surface area contributed by atoms with Crippen molar-refractivity contribution in [2.75, 3.05) is 5.32 Å². The molecule has 7 heteroatoms. The van der Waals surface area contributed by atoms with E-state index >= 15 is 0 Å². The zero-order valence-corrected chi connectivity index (χ0v) is 11.1. The molecule has 2 heterocycles. The van der Waals surface area contributed by atoms with Crippen molar-refractivity contribution in [3.63, 3.8) is 0 Å². The molecule has 3 aromatic rings. The maximum Gasteiger partial charge on any atom is 0.277 e. The number of carbonyl (C=O) groups is 1. The second-order valence-corrected chi connectivity index (χ2v) is 4.56. The number of aromatic nitrogens is 4. The normalized spacial score (nSPS) is 10.6. The van der Waals surface area contributed by atoms with Crippen molar-refractivity contribution in [3.8, 4) is 11.3 Å². The standard InChI is InChI=1S/C14H12FN5O/c1-8-6-12(19-17-8)14(21)16-13-7-11(18-20-13)9-2-4-10(15)5-3-9/h2-7H,1H3,(H,17,19)(H2,16,18,20,21). The van der Waals surface area contributed by atoms with Crippen LogP contribution >= 0.6 is 0 Å². The van der Waals surface area contributed by atoms with Crippen LogP contribution in [0.5, 0.6) is 0 Å². The number of carbonyl (C=O) groups excluding carboxylic acids is 1. The number of aryl methyl sites for hydroxylation is 1. The Labute approximate surface area is 119 Å². The van der Waals surface area contributed by atoms with Gasteiger partial charge in [-0.2, -0.15) is 10.2 Å². The topological polar surface area (TPSA) is 86.5 Å². The van der Waals surface area contributed by atoms with Crippen LogP contribution in [0, 0.1) is 12.7 Å². The number of amides is 1. The van der Waals surface area contributed by atoms with Crippen LogP contribution in [-0.2, 0) is 0 Å². The van der Waals surface area contributed by atoms with Gasteiger partial charge in [-0.3, -0.25) is 15.0 Å².